The molecular weight excluding hydrogens is 318 g/mol. The van der Waals surface area contributed by atoms with Crippen LogP contribution >= 0.6 is 0 Å². The van der Waals surface area contributed by atoms with E-state index in [1.807, 2.05) is 24.3 Å². The predicted molar refractivity (Wildman–Crippen MR) is 88.7 cm³/mol. The third kappa shape index (κ3) is 2.20. The smallest absolute Gasteiger partial charge is 0.226 e. The minimum atomic E-state index is -0.276. The van der Waals surface area contributed by atoms with E-state index in [2.05, 4.69) is 20.4 Å². The number of hydrogen-bond acceptors (Lipinski definition) is 6. The average Bonchev–Trinajstić information content (AvgIpc) is 3.32. The van der Waals surface area contributed by atoms with Gasteiger partial charge >= 0.3 is 0 Å². The number of carbonyl (C=O) groups is 1. The van der Waals surface area contributed by atoms with Gasteiger partial charge in [-0.2, -0.15) is 10.1 Å². The largest absolute Gasteiger partial charge is 0.469 e. The molecule has 4 heterocycles. The molecule has 0 bridgehead atoms. The van der Waals surface area contributed by atoms with Crippen LogP contribution in [0.1, 0.15) is 36.1 Å². The molecule has 7 heteroatoms. The molecule has 0 radical (unpaired) electrons. The van der Waals surface area contributed by atoms with Crippen LogP contribution in [0, 0.1) is 0 Å². The van der Waals surface area contributed by atoms with E-state index in [1.165, 1.54) is 6.33 Å². The molecule has 2 atom stereocenters. The van der Waals surface area contributed by atoms with E-state index in [0.717, 1.165) is 22.6 Å². The number of hydrogen-bond donors (Lipinski definition) is 1. The summed E-state index contributed by atoms with van der Waals surface area (Å²) in [5.74, 6) is 1.64. The van der Waals surface area contributed by atoms with Crippen molar-refractivity contribution in [2.45, 2.75) is 24.8 Å². The number of carbonyl (C=O) groups excluding carboxylic acids is 1. The highest BCUT2D eigenvalue weighted by Crippen LogP contribution is 2.43. The Morgan fingerprint density at radius 1 is 1.20 bits per heavy atom. The molecule has 124 valence electrons. The Morgan fingerprint density at radius 3 is 2.88 bits per heavy atom. The highest BCUT2D eigenvalue weighted by atomic mass is 16.3. The molecular formula is C18H15N5O2. The van der Waals surface area contributed by atoms with E-state index in [0.29, 0.717) is 18.8 Å². The first-order valence-electron chi connectivity index (χ1n) is 8.17. The van der Waals surface area contributed by atoms with Crippen LogP contribution in [0.2, 0.25) is 0 Å². The Bertz CT molecular complexity index is 959. The van der Waals surface area contributed by atoms with Gasteiger partial charge in [0, 0.05) is 36.0 Å². The molecule has 3 aromatic rings. The van der Waals surface area contributed by atoms with Crippen molar-refractivity contribution in [2.24, 2.45) is 0 Å². The summed E-state index contributed by atoms with van der Waals surface area (Å²) in [5, 5.41) is 7.62. The molecule has 3 aromatic heterocycles. The molecule has 25 heavy (non-hydrogen) atoms. The number of fused-ring (bicyclic) bond motifs is 1. The molecule has 0 aromatic carbocycles. The summed E-state index contributed by atoms with van der Waals surface area (Å²) in [6, 6.07) is 7.33. The summed E-state index contributed by atoms with van der Waals surface area (Å²) < 4.78 is 7.29. The zero-order valence-corrected chi connectivity index (χ0v) is 13.3. The molecule has 1 aliphatic heterocycles. The third-order valence-corrected chi connectivity index (χ3v) is 4.83. The molecule has 0 amide bonds. The fourth-order valence-electron chi connectivity index (χ4n) is 3.73. The van der Waals surface area contributed by atoms with E-state index >= 15 is 0 Å². The Kier molecular flexibility index (Phi) is 3.06. The van der Waals surface area contributed by atoms with E-state index in [-0.39, 0.29) is 17.7 Å². The summed E-state index contributed by atoms with van der Waals surface area (Å²) in [7, 11) is 0. The standard InChI is InChI=1S/C18H15N5O2/c24-14-9-12(15-2-1-7-25-15)8-13-16(14)17(11-3-5-19-6-4-11)23-18(22-13)20-10-21-23/h1-7,10,12,17H,8-9H2,(H,20,21,22)/t12-,17-/m0/s1. The molecule has 2 aliphatic rings. The molecule has 0 saturated carbocycles. The first-order chi connectivity index (χ1) is 12.3. The molecule has 0 spiro atoms. The van der Waals surface area contributed by atoms with Gasteiger partial charge in [-0.05, 0) is 36.2 Å². The van der Waals surface area contributed by atoms with Crippen molar-refractivity contribution < 1.29 is 9.21 Å². The van der Waals surface area contributed by atoms with Crippen LogP contribution < -0.4 is 5.32 Å². The number of rotatable bonds is 2. The minimum Gasteiger partial charge on any atom is -0.469 e. The Labute approximate surface area is 143 Å². The zero-order chi connectivity index (χ0) is 16.8. The topological polar surface area (TPSA) is 85.8 Å². The molecule has 7 nitrogen and oxygen atoms in total. The van der Waals surface area contributed by atoms with E-state index in [4.69, 9.17) is 4.42 Å². The van der Waals surface area contributed by atoms with Crippen LogP contribution in [0.15, 0.2) is 64.9 Å². The van der Waals surface area contributed by atoms with Crippen LogP contribution in [0.25, 0.3) is 0 Å². The summed E-state index contributed by atoms with van der Waals surface area (Å²) in [4.78, 5) is 21.4. The van der Waals surface area contributed by atoms with E-state index in [1.54, 1.807) is 23.3 Å². The third-order valence-electron chi connectivity index (χ3n) is 4.83. The summed E-state index contributed by atoms with van der Waals surface area (Å²) >= 11 is 0. The van der Waals surface area contributed by atoms with Crippen molar-refractivity contribution >= 4 is 11.7 Å². The number of nitrogens with zero attached hydrogens (tertiary/aromatic N) is 4. The van der Waals surface area contributed by atoms with Gasteiger partial charge in [-0.3, -0.25) is 9.78 Å². The monoisotopic (exact) mass is 333 g/mol. The lowest BCUT2D eigenvalue weighted by Crippen LogP contribution is -2.33. The van der Waals surface area contributed by atoms with Crippen molar-refractivity contribution in [3.8, 4) is 0 Å². The van der Waals surface area contributed by atoms with Gasteiger partial charge in [-0.25, -0.2) is 4.68 Å². The first-order valence-corrected chi connectivity index (χ1v) is 8.17. The van der Waals surface area contributed by atoms with Crippen LogP contribution in [0.3, 0.4) is 0 Å². The van der Waals surface area contributed by atoms with Crippen LogP contribution in [0.5, 0.6) is 0 Å². The van der Waals surface area contributed by atoms with Crippen LogP contribution in [0.4, 0.5) is 5.95 Å². The number of aromatic nitrogens is 4. The Balaban J connectivity index is 1.63. The van der Waals surface area contributed by atoms with Gasteiger partial charge in [0.05, 0.1) is 6.26 Å². The minimum absolute atomic E-state index is 0.0429. The number of Topliss-reactive ketones (excluding diaryl/α,β-unsaturated/α-hetero) is 1. The van der Waals surface area contributed by atoms with Gasteiger partial charge in [0.25, 0.3) is 0 Å². The van der Waals surface area contributed by atoms with Gasteiger partial charge in [0.2, 0.25) is 5.95 Å². The van der Waals surface area contributed by atoms with Crippen molar-refractivity contribution in [3.05, 3.63) is 71.8 Å². The van der Waals surface area contributed by atoms with Crippen LogP contribution in [-0.4, -0.2) is 25.5 Å². The van der Waals surface area contributed by atoms with Gasteiger partial charge in [-0.15, -0.1) is 0 Å². The van der Waals surface area contributed by atoms with E-state index < -0.39 is 0 Å². The number of furan rings is 1. The van der Waals surface area contributed by atoms with Crippen LogP contribution in [-0.2, 0) is 4.79 Å². The van der Waals surface area contributed by atoms with Gasteiger partial charge < -0.3 is 9.73 Å². The van der Waals surface area contributed by atoms with Gasteiger partial charge in [0.1, 0.15) is 18.1 Å². The number of allylic oxidation sites excluding steroid dienone is 2. The SMILES string of the molecule is O=C1C[C@@H](c2ccco2)CC2=C1[C@H](c1ccncc1)n1ncnc1N2. The normalized spacial score (nSPS) is 22.3. The first kappa shape index (κ1) is 14.2. The Hall–Kier alpha value is -3.22. The van der Waals surface area contributed by atoms with Gasteiger partial charge in [0.15, 0.2) is 5.78 Å². The molecule has 1 N–H and O–H groups in total. The lowest BCUT2D eigenvalue weighted by Gasteiger charge is -2.34. The number of anilines is 1. The highest BCUT2D eigenvalue weighted by Gasteiger charge is 2.39. The second kappa shape index (κ2) is 5.41. The highest BCUT2D eigenvalue weighted by molar-refractivity contribution is 6.00. The maximum Gasteiger partial charge on any atom is 0.226 e. The second-order valence-corrected chi connectivity index (χ2v) is 6.27. The lowest BCUT2D eigenvalue weighted by molar-refractivity contribution is -0.117. The van der Waals surface area contributed by atoms with Crippen molar-refractivity contribution in [1.82, 2.24) is 19.7 Å². The average molecular weight is 333 g/mol. The predicted octanol–water partition coefficient (Wildman–Crippen LogP) is 2.68. The maximum atomic E-state index is 13.0. The van der Waals surface area contributed by atoms with Crippen molar-refractivity contribution in [3.63, 3.8) is 0 Å². The second-order valence-electron chi connectivity index (χ2n) is 6.27. The fraction of sp³-hybridized carbons (Fsp3) is 0.222. The van der Waals surface area contributed by atoms with E-state index in [9.17, 15) is 4.79 Å². The molecule has 0 unspecified atom stereocenters. The van der Waals surface area contributed by atoms with Crippen molar-refractivity contribution in [1.29, 1.82) is 0 Å². The summed E-state index contributed by atoms with van der Waals surface area (Å²) in [5.41, 5.74) is 2.63. The zero-order valence-electron chi connectivity index (χ0n) is 13.3. The summed E-state index contributed by atoms with van der Waals surface area (Å²) in [6.07, 6.45) is 7.75. The van der Waals surface area contributed by atoms with Crippen molar-refractivity contribution in [2.75, 3.05) is 5.32 Å². The number of nitrogens with one attached hydrogen (secondary N) is 1. The molecule has 5 rings (SSSR count). The Morgan fingerprint density at radius 2 is 2.08 bits per heavy atom. The molecule has 0 saturated heterocycles. The van der Waals surface area contributed by atoms with Gasteiger partial charge in [-0.1, -0.05) is 0 Å². The number of ketones is 1. The number of pyridine rings is 1. The fourth-order valence-corrected chi connectivity index (χ4v) is 3.73. The maximum absolute atomic E-state index is 13.0. The quantitative estimate of drug-likeness (QED) is 0.776. The molecule has 0 fully saturated rings. The summed E-state index contributed by atoms with van der Waals surface area (Å²) in [6.45, 7) is 0. The lowest BCUT2D eigenvalue weighted by atomic mass is 9.80. The molecule has 1 aliphatic carbocycles.